The highest BCUT2D eigenvalue weighted by Crippen LogP contribution is 2.26. The first-order valence-corrected chi connectivity index (χ1v) is 10.4. The lowest BCUT2D eigenvalue weighted by molar-refractivity contribution is 0.182. The highest BCUT2D eigenvalue weighted by atomic mass is 16.3. The van der Waals surface area contributed by atoms with Gasteiger partial charge in [-0.15, -0.1) is 6.58 Å². The zero-order chi connectivity index (χ0) is 20.5. The van der Waals surface area contributed by atoms with E-state index in [9.17, 15) is 5.11 Å². The van der Waals surface area contributed by atoms with Crippen LogP contribution in [0, 0.1) is 0 Å². The van der Waals surface area contributed by atoms with Crippen molar-refractivity contribution in [3.8, 4) is 22.3 Å². The maximum Gasteiger partial charge on any atom is 0.0512 e. The normalized spacial score (nSPS) is 12.2. The van der Waals surface area contributed by atoms with Crippen LogP contribution in [0.25, 0.3) is 28.3 Å². The minimum atomic E-state index is -0.203. The van der Waals surface area contributed by atoms with Crippen LogP contribution in [0.3, 0.4) is 0 Å². The van der Waals surface area contributed by atoms with E-state index in [1.54, 1.807) is 0 Å². The van der Waals surface area contributed by atoms with Crippen LogP contribution in [0.4, 0.5) is 0 Å². The Bertz CT molecular complexity index is 914. The van der Waals surface area contributed by atoms with Gasteiger partial charge in [-0.1, -0.05) is 91.0 Å². The summed E-state index contributed by atoms with van der Waals surface area (Å²) in [7, 11) is 0. The molecule has 1 heteroatoms. The van der Waals surface area contributed by atoms with Crippen LogP contribution in [0.2, 0.25) is 0 Å². The van der Waals surface area contributed by atoms with Crippen molar-refractivity contribution in [2.45, 2.75) is 38.7 Å². The lowest BCUT2D eigenvalue weighted by atomic mass is 9.98. The largest absolute Gasteiger partial charge is 0.393 e. The lowest BCUT2D eigenvalue weighted by Crippen LogP contribution is -1.97. The van der Waals surface area contributed by atoms with Crippen molar-refractivity contribution in [1.82, 2.24) is 0 Å². The van der Waals surface area contributed by atoms with Crippen molar-refractivity contribution in [3.63, 3.8) is 0 Å². The maximum atomic E-state index is 9.29. The first-order valence-electron chi connectivity index (χ1n) is 10.4. The lowest BCUT2D eigenvalue weighted by Gasteiger charge is -2.06. The molecule has 0 aromatic heterocycles. The molecule has 0 amide bonds. The third-order valence-electron chi connectivity index (χ3n) is 5.10. The van der Waals surface area contributed by atoms with E-state index in [4.69, 9.17) is 0 Å². The Morgan fingerprint density at radius 2 is 1.28 bits per heavy atom. The topological polar surface area (TPSA) is 20.2 Å². The average Bonchev–Trinajstić information content (AvgIpc) is 2.75. The molecule has 0 aliphatic heterocycles. The molecule has 1 N–H and O–H groups in total. The molecule has 1 atom stereocenters. The van der Waals surface area contributed by atoms with E-state index in [2.05, 4.69) is 91.5 Å². The van der Waals surface area contributed by atoms with E-state index in [-0.39, 0.29) is 6.10 Å². The second-order valence-corrected chi connectivity index (χ2v) is 7.57. The summed E-state index contributed by atoms with van der Waals surface area (Å²) in [6.07, 6.45) is 9.87. The number of hydrogen-bond acceptors (Lipinski definition) is 1. The Kier molecular flexibility index (Phi) is 7.61. The van der Waals surface area contributed by atoms with Gasteiger partial charge in [0.15, 0.2) is 0 Å². The average molecular weight is 383 g/mol. The summed E-state index contributed by atoms with van der Waals surface area (Å²) in [6.45, 7) is 5.64. The molecule has 0 saturated carbocycles. The van der Waals surface area contributed by atoms with Crippen molar-refractivity contribution < 1.29 is 5.11 Å². The van der Waals surface area contributed by atoms with E-state index in [0.29, 0.717) is 0 Å². The van der Waals surface area contributed by atoms with E-state index in [1.165, 1.54) is 33.4 Å². The molecular formula is C28H30O. The Morgan fingerprint density at radius 1 is 0.793 bits per heavy atom. The summed E-state index contributed by atoms with van der Waals surface area (Å²) in [5.74, 6) is 0. The molecule has 29 heavy (non-hydrogen) atoms. The zero-order valence-corrected chi connectivity index (χ0v) is 17.2. The molecule has 0 bridgehead atoms. The van der Waals surface area contributed by atoms with E-state index in [0.717, 1.165) is 25.7 Å². The van der Waals surface area contributed by atoms with Gasteiger partial charge in [-0.25, -0.2) is 0 Å². The molecular weight excluding hydrogens is 352 g/mol. The standard InChI is InChI=1S/C28H30O/c1-3-7-23-10-14-25(15-11-23)27-18-20-28(21-19-27)26-16-12-24(13-17-26)9-6-4-5-8-22(2)29/h3,6,9-22,29H,1,4-5,7-8H2,2H3. The molecule has 0 spiro atoms. The minimum absolute atomic E-state index is 0.203. The fourth-order valence-electron chi connectivity index (χ4n) is 3.39. The van der Waals surface area contributed by atoms with Crippen LogP contribution >= 0.6 is 0 Å². The Morgan fingerprint density at radius 3 is 1.76 bits per heavy atom. The first-order chi connectivity index (χ1) is 14.2. The fourth-order valence-corrected chi connectivity index (χ4v) is 3.39. The molecule has 0 fully saturated rings. The monoisotopic (exact) mass is 382 g/mol. The van der Waals surface area contributed by atoms with Gasteiger partial charge >= 0.3 is 0 Å². The van der Waals surface area contributed by atoms with Crippen molar-refractivity contribution in [1.29, 1.82) is 0 Å². The van der Waals surface area contributed by atoms with Crippen LogP contribution in [0.5, 0.6) is 0 Å². The van der Waals surface area contributed by atoms with Crippen LogP contribution in [-0.2, 0) is 6.42 Å². The molecule has 148 valence electrons. The highest BCUT2D eigenvalue weighted by molar-refractivity contribution is 5.71. The molecule has 1 unspecified atom stereocenters. The van der Waals surface area contributed by atoms with E-state index >= 15 is 0 Å². The number of benzene rings is 3. The number of hydrogen-bond donors (Lipinski definition) is 1. The number of unbranched alkanes of at least 4 members (excludes halogenated alkanes) is 1. The number of rotatable bonds is 9. The molecule has 1 nitrogen and oxygen atoms in total. The summed E-state index contributed by atoms with van der Waals surface area (Å²) < 4.78 is 0. The van der Waals surface area contributed by atoms with Gasteiger partial charge in [0.2, 0.25) is 0 Å². The quantitative estimate of drug-likeness (QED) is 0.304. The second kappa shape index (κ2) is 10.6. The molecule has 0 heterocycles. The van der Waals surface area contributed by atoms with Gasteiger partial charge in [-0.05, 0) is 66.0 Å². The van der Waals surface area contributed by atoms with Gasteiger partial charge in [-0.2, -0.15) is 0 Å². The summed E-state index contributed by atoms with van der Waals surface area (Å²) in [4.78, 5) is 0. The third kappa shape index (κ3) is 6.30. The van der Waals surface area contributed by atoms with Gasteiger partial charge in [0, 0.05) is 0 Å². The number of aliphatic hydroxyl groups excluding tert-OH is 1. The Balaban J connectivity index is 1.62. The van der Waals surface area contributed by atoms with Gasteiger partial charge in [0.05, 0.1) is 6.10 Å². The fraction of sp³-hybridized carbons (Fsp3) is 0.214. The predicted octanol–water partition coefficient (Wildman–Crippen LogP) is 7.31. The molecule has 0 radical (unpaired) electrons. The zero-order valence-electron chi connectivity index (χ0n) is 17.2. The van der Waals surface area contributed by atoms with Crippen molar-refractivity contribution >= 4 is 6.08 Å². The molecule has 0 aliphatic carbocycles. The molecule has 3 aromatic carbocycles. The highest BCUT2D eigenvalue weighted by Gasteiger charge is 2.01. The molecule has 3 aromatic rings. The summed E-state index contributed by atoms with van der Waals surface area (Å²) in [5, 5.41) is 9.29. The second-order valence-electron chi connectivity index (χ2n) is 7.57. The Hall–Kier alpha value is -2.90. The van der Waals surface area contributed by atoms with Gasteiger partial charge in [-0.3, -0.25) is 0 Å². The van der Waals surface area contributed by atoms with Gasteiger partial charge < -0.3 is 5.11 Å². The van der Waals surface area contributed by atoms with Crippen LogP contribution in [0.1, 0.15) is 37.3 Å². The smallest absolute Gasteiger partial charge is 0.0512 e. The summed E-state index contributed by atoms with van der Waals surface area (Å²) in [6, 6.07) is 26.1. The van der Waals surface area contributed by atoms with Gasteiger partial charge in [0.1, 0.15) is 0 Å². The molecule has 0 aliphatic rings. The van der Waals surface area contributed by atoms with Crippen LogP contribution in [-0.4, -0.2) is 11.2 Å². The Labute approximate surface area is 175 Å². The van der Waals surface area contributed by atoms with Gasteiger partial charge in [0.25, 0.3) is 0 Å². The van der Waals surface area contributed by atoms with Crippen LogP contribution < -0.4 is 0 Å². The molecule has 3 rings (SSSR count). The van der Waals surface area contributed by atoms with Crippen molar-refractivity contribution in [2.75, 3.05) is 0 Å². The van der Waals surface area contributed by atoms with Crippen molar-refractivity contribution in [3.05, 3.63) is 103 Å². The molecule has 0 saturated heterocycles. The minimum Gasteiger partial charge on any atom is -0.393 e. The third-order valence-corrected chi connectivity index (χ3v) is 5.10. The van der Waals surface area contributed by atoms with E-state index < -0.39 is 0 Å². The summed E-state index contributed by atoms with van der Waals surface area (Å²) in [5.41, 5.74) is 7.42. The summed E-state index contributed by atoms with van der Waals surface area (Å²) >= 11 is 0. The van der Waals surface area contributed by atoms with Crippen LogP contribution in [0.15, 0.2) is 91.5 Å². The number of aliphatic hydroxyl groups is 1. The SMILES string of the molecule is C=CCc1ccc(-c2ccc(-c3ccc(C=CCCCC(C)O)cc3)cc2)cc1. The first kappa shape index (κ1) is 20.8. The number of allylic oxidation sites excluding steroid dienone is 2. The maximum absolute atomic E-state index is 9.29. The van der Waals surface area contributed by atoms with Crippen molar-refractivity contribution in [2.24, 2.45) is 0 Å². The predicted molar refractivity (Wildman–Crippen MR) is 126 cm³/mol. The van der Waals surface area contributed by atoms with E-state index in [1.807, 2.05) is 13.0 Å².